The minimum atomic E-state index is -0.155. The maximum absolute atomic E-state index is 6.87. The molecule has 0 unspecified atom stereocenters. The van der Waals surface area contributed by atoms with E-state index in [4.69, 9.17) is 9.15 Å². The molecule has 64 heavy (non-hydrogen) atoms. The second-order valence-corrected chi connectivity index (χ2v) is 19.9. The normalized spacial score (nSPS) is 16.0. The average Bonchev–Trinajstić information content (AvgIpc) is 4.00. The number of rotatable bonds is 2. The summed E-state index contributed by atoms with van der Waals surface area (Å²) in [6.07, 6.45) is 2.29. The lowest BCUT2D eigenvalue weighted by atomic mass is 9.43. The third-order valence-corrected chi connectivity index (χ3v) is 15.5. The van der Waals surface area contributed by atoms with Crippen LogP contribution < -0.4 is 20.5 Å². The van der Waals surface area contributed by atoms with Crippen LogP contribution in [-0.2, 0) is 10.8 Å². The minimum absolute atomic E-state index is 0.0211. The molecule has 15 rings (SSSR count). The van der Waals surface area contributed by atoms with Crippen molar-refractivity contribution in [3.63, 3.8) is 0 Å². The lowest BCUT2D eigenvalue weighted by Gasteiger charge is -2.45. The molecule has 0 radical (unpaired) electrons. The summed E-state index contributed by atoms with van der Waals surface area (Å²) in [5.74, 6) is 2.62. The molecule has 0 atom stereocenters. The Hall–Kier alpha value is -7.44. The molecule has 5 nitrogen and oxygen atoms in total. The molecule has 0 fully saturated rings. The van der Waals surface area contributed by atoms with Gasteiger partial charge in [0.05, 0.1) is 39.1 Å². The SMILES string of the molecule is CC1(C)CCC(C)(C)c2cc3c(cc21)c1c(-n2c4ccccc4c4ccccc42)cc2c4c1n3-c1cc3oc(-c5ccccc5)cc3cc1B4N1c3ccccc3Oc3cccc-2c31. The molecule has 0 amide bonds. The third-order valence-electron chi connectivity index (χ3n) is 15.5. The fraction of sp³-hybridized carbons (Fsp3) is 0.138. The van der Waals surface area contributed by atoms with Gasteiger partial charge in [-0.25, -0.2) is 0 Å². The zero-order valence-electron chi connectivity index (χ0n) is 36.2. The van der Waals surface area contributed by atoms with Crippen molar-refractivity contribution in [2.45, 2.75) is 51.4 Å². The van der Waals surface area contributed by atoms with Gasteiger partial charge in [-0.05, 0) is 106 Å². The Labute approximate surface area is 370 Å². The number of anilines is 2. The van der Waals surface area contributed by atoms with Crippen LogP contribution in [0.3, 0.4) is 0 Å². The molecule has 0 N–H and O–H groups in total. The number of para-hydroxylation sites is 5. The predicted molar refractivity (Wildman–Crippen MR) is 265 cm³/mol. The molecule has 0 saturated heterocycles. The maximum Gasteiger partial charge on any atom is 0.333 e. The van der Waals surface area contributed by atoms with E-state index in [1.165, 1.54) is 82.5 Å². The number of fused-ring (bicyclic) bond motifs is 15. The van der Waals surface area contributed by atoms with Crippen molar-refractivity contribution in [2.75, 3.05) is 4.81 Å². The first-order valence-electron chi connectivity index (χ1n) is 22.7. The van der Waals surface area contributed by atoms with Gasteiger partial charge in [-0.15, -0.1) is 0 Å². The van der Waals surface area contributed by atoms with Crippen LogP contribution in [0.5, 0.6) is 11.5 Å². The summed E-state index contributed by atoms with van der Waals surface area (Å²) in [5.41, 5.74) is 19.3. The highest BCUT2D eigenvalue weighted by Gasteiger charge is 2.48. The van der Waals surface area contributed by atoms with Crippen LogP contribution in [0.15, 0.2) is 162 Å². The number of benzene rings is 8. The largest absolute Gasteiger partial charge is 0.456 e. The Morgan fingerprint density at radius 2 is 1.22 bits per heavy atom. The number of hydrogen-bond acceptors (Lipinski definition) is 3. The van der Waals surface area contributed by atoms with E-state index in [0.29, 0.717) is 0 Å². The fourth-order valence-electron chi connectivity index (χ4n) is 12.4. The quantitative estimate of drug-likeness (QED) is 0.163. The Kier molecular flexibility index (Phi) is 6.45. The summed E-state index contributed by atoms with van der Waals surface area (Å²) >= 11 is 0. The summed E-state index contributed by atoms with van der Waals surface area (Å²) < 4.78 is 18.9. The van der Waals surface area contributed by atoms with Crippen LogP contribution >= 0.6 is 0 Å². The topological polar surface area (TPSA) is 35.5 Å². The first-order chi connectivity index (χ1) is 31.2. The molecule has 6 heteroatoms. The van der Waals surface area contributed by atoms with Crippen molar-refractivity contribution in [2.24, 2.45) is 0 Å². The Morgan fingerprint density at radius 1 is 0.531 bits per heavy atom. The second-order valence-electron chi connectivity index (χ2n) is 19.9. The van der Waals surface area contributed by atoms with Gasteiger partial charge in [-0.1, -0.05) is 125 Å². The molecule has 8 aromatic carbocycles. The molecule has 3 aromatic heterocycles. The van der Waals surface area contributed by atoms with E-state index in [0.717, 1.165) is 63.7 Å². The van der Waals surface area contributed by atoms with Crippen molar-refractivity contribution in [1.82, 2.24) is 9.13 Å². The Balaban J connectivity index is 1.18. The summed E-state index contributed by atoms with van der Waals surface area (Å²) in [5, 5.41) is 6.18. The molecule has 304 valence electrons. The second kappa shape index (κ2) is 11.8. The van der Waals surface area contributed by atoms with E-state index in [9.17, 15) is 0 Å². The number of nitrogens with zero attached hydrogens (tertiary/aromatic N) is 3. The third kappa shape index (κ3) is 4.31. The van der Waals surface area contributed by atoms with Crippen molar-refractivity contribution >= 4 is 83.7 Å². The van der Waals surface area contributed by atoms with Crippen molar-refractivity contribution in [3.05, 3.63) is 169 Å². The summed E-state index contributed by atoms with van der Waals surface area (Å²) in [6, 6.07) is 58.3. The molecule has 0 saturated carbocycles. The van der Waals surface area contributed by atoms with Crippen LogP contribution in [0.4, 0.5) is 11.4 Å². The fourth-order valence-corrected chi connectivity index (χ4v) is 12.4. The smallest absolute Gasteiger partial charge is 0.333 e. The van der Waals surface area contributed by atoms with E-state index in [-0.39, 0.29) is 17.7 Å². The number of ether oxygens (including phenoxy) is 1. The molecular formula is C58H42BN3O2. The first kappa shape index (κ1) is 35.1. The summed E-state index contributed by atoms with van der Waals surface area (Å²) in [6.45, 7) is 9.64. The number of furan rings is 1. The molecule has 4 aliphatic rings. The van der Waals surface area contributed by atoms with Crippen molar-refractivity contribution in [3.8, 4) is 45.3 Å². The van der Waals surface area contributed by atoms with Gasteiger partial charge < -0.3 is 23.1 Å². The predicted octanol–water partition coefficient (Wildman–Crippen LogP) is 14.0. The van der Waals surface area contributed by atoms with Crippen LogP contribution in [0.1, 0.15) is 51.7 Å². The molecule has 0 bridgehead atoms. The zero-order valence-corrected chi connectivity index (χ0v) is 36.2. The molecule has 1 aliphatic carbocycles. The van der Waals surface area contributed by atoms with Crippen LogP contribution in [0.2, 0.25) is 0 Å². The molecular weight excluding hydrogens is 781 g/mol. The zero-order chi connectivity index (χ0) is 42.4. The maximum atomic E-state index is 6.87. The highest BCUT2D eigenvalue weighted by atomic mass is 16.5. The molecule has 11 aromatic rings. The lowest BCUT2D eigenvalue weighted by Crippen LogP contribution is -2.61. The van der Waals surface area contributed by atoms with E-state index in [1.54, 1.807) is 0 Å². The van der Waals surface area contributed by atoms with Gasteiger partial charge in [0.15, 0.2) is 5.75 Å². The van der Waals surface area contributed by atoms with Crippen LogP contribution in [0, 0.1) is 0 Å². The Morgan fingerprint density at radius 3 is 2.00 bits per heavy atom. The van der Waals surface area contributed by atoms with Gasteiger partial charge in [-0.2, -0.15) is 0 Å². The summed E-state index contributed by atoms with van der Waals surface area (Å²) in [4.78, 5) is 2.59. The van der Waals surface area contributed by atoms with Gasteiger partial charge in [0, 0.05) is 49.8 Å². The highest BCUT2D eigenvalue weighted by molar-refractivity contribution is 6.94. The average molecular weight is 824 g/mol. The van der Waals surface area contributed by atoms with Crippen molar-refractivity contribution < 1.29 is 9.15 Å². The molecule has 3 aliphatic heterocycles. The minimum Gasteiger partial charge on any atom is -0.456 e. The van der Waals surface area contributed by atoms with E-state index in [2.05, 4.69) is 199 Å². The Bertz CT molecular complexity index is 3850. The van der Waals surface area contributed by atoms with E-state index in [1.807, 2.05) is 0 Å². The molecule has 6 heterocycles. The number of aromatic nitrogens is 2. The lowest BCUT2D eigenvalue weighted by molar-refractivity contribution is 0.332. The monoisotopic (exact) mass is 823 g/mol. The van der Waals surface area contributed by atoms with Crippen LogP contribution in [-0.4, -0.2) is 16.0 Å². The van der Waals surface area contributed by atoms with Crippen LogP contribution in [0.25, 0.3) is 88.4 Å². The van der Waals surface area contributed by atoms with Gasteiger partial charge in [0.25, 0.3) is 0 Å². The first-order valence-corrected chi connectivity index (χ1v) is 22.7. The highest BCUT2D eigenvalue weighted by Crippen LogP contribution is 2.56. The standard InChI is InChI=1S/C58H42BN3O2/c1-57(2)25-26-58(3,4)41-31-46-39(29-40(41)57)53-48(60-43-20-10-8-17-35(43)36-18-9-11-21-44(36)60)30-38-37-19-14-24-50-55(37)62(45-22-12-13-23-49(45)63-50)59-42-27-34-28-51(33-15-6-5-7-16-33)64-52(34)32-47(42)61(46)56(53)54(38)59/h5-24,27-32H,25-26H2,1-4H3. The van der Waals surface area contributed by atoms with E-state index >= 15 is 0 Å². The molecule has 0 spiro atoms. The number of hydrogen-bond donors (Lipinski definition) is 0. The van der Waals surface area contributed by atoms with Crippen molar-refractivity contribution in [1.29, 1.82) is 0 Å². The van der Waals surface area contributed by atoms with Gasteiger partial charge in [0.1, 0.15) is 17.1 Å². The van der Waals surface area contributed by atoms with Gasteiger partial charge in [-0.3, -0.25) is 0 Å². The van der Waals surface area contributed by atoms with Gasteiger partial charge >= 0.3 is 6.85 Å². The summed E-state index contributed by atoms with van der Waals surface area (Å²) in [7, 11) is 0. The van der Waals surface area contributed by atoms with E-state index < -0.39 is 0 Å². The van der Waals surface area contributed by atoms with Gasteiger partial charge in [0.2, 0.25) is 0 Å².